The fraction of sp³-hybridized carbons (Fsp3) is 0.438. The zero-order chi connectivity index (χ0) is 15.1. The minimum Gasteiger partial charge on any atom is -0.491 e. The van der Waals surface area contributed by atoms with Crippen LogP contribution in [0.15, 0.2) is 29.6 Å². The Morgan fingerprint density at radius 1 is 1.24 bits per heavy atom. The van der Waals surface area contributed by atoms with E-state index in [0.717, 1.165) is 35.0 Å². The maximum Gasteiger partial charge on any atom is 0.119 e. The number of aromatic nitrogens is 1. The van der Waals surface area contributed by atoms with Crippen LogP contribution in [0.3, 0.4) is 0 Å². The van der Waals surface area contributed by atoms with E-state index in [1.165, 1.54) is 0 Å². The number of thiazole rings is 1. The van der Waals surface area contributed by atoms with Crippen molar-refractivity contribution in [2.45, 2.75) is 26.4 Å². The van der Waals surface area contributed by atoms with Crippen LogP contribution < -0.4 is 10.1 Å². The van der Waals surface area contributed by atoms with E-state index in [1.807, 2.05) is 38.1 Å². The average molecular weight is 306 g/mol. The Labute approximate surface area is 129 Å². The second-order valence-corrected chi connectivity index (χ2v) is 5.98. The summed E-state index contributed by atoms with van der Waals surface area (Å²) in [6.07, 6.45) is 1.08. The van der Waals surface area contributed by atoms with Crippen LogP contribution in [0.4, 0.5) is 0 Å². The van der Waals surface area contributed by atoms with Crippen LogP contribution in [0.5, 0.6) is 5.75 Å². The molecule has 0 radical (unpaired) electrons. The maximum atomic E-state index is 8.71. The van der Waals surface area contributed by atoms with Gasteiger partial charge in [0.25, 0.3) is 0 Å². The number of benzene rings is 1. The van der Waals surface area contributed by atoms with Gasteiger partial charge in [0.1, 0.15) is 5.75 Å². The van der Waals surface area contributed by atoms with E-state index in [-0.39, 0.29) is 12.7 Å². The molecule has 114 valence electrons. The van der Waals surface area contributed by atoms with E-state index in [2.05, 4.69) is 15.7 Å². The van der Waals surface area contributed by atoms with Gasteiger partial charge in [0.15, 0.2) is 0 Å². The van der Waals surface area contributed by atoms with Crippen molar-refractivity contribution in [1.82, 2.24) is 10.3 Å². The summed E-state index contributed by atoms with van der Waals surface area (Å²) in [6, 6.07) is 8.05. The number of aliphatic hydroxyl groups is 1. The lowest BCUT2D eigenvalue weighted by Gasteiger charge is -2.09. The molecule has 5 heteroatoms. The third-order valence-corrected chi connectivity index (χ3v) is 3.79. The second kappa shape index (κ2) is 8.12. The Morgan fingerprint density at radius 3 is 2.67 bits per heavy atom. The summed E-state index contributed by atoms with van der Waals surface area (Å²) in [7, 11) is 0. The molecule has 4 nitrogen and oxygen atoms in total. The lowest BCUT2D eigenvalue weighted by Crippen LogP contribution is -2.20. The second-order valence-electron chi connectivity index (χ2n) is 5.04. The number of nitrogens with zero attached hydrogens (tertiary/aromatic N) is 1. The molecule has 0 bridgehead atoms. The molecule has 0 amide bonds. The highest BCUT2D eigenvalue weighted by atomic mass is 32.1. The van der Waals surface area contributed by atoms with E-state index in [9.17, 15) is 0 Å². The lowest BCUT2D eigenvalue weighted by molar-refractivity contribution is 0.242. The smallest absolute Gasteiger partial charge is 0.119 e. The third-order valence-electron chi connectivity index (χ3n) is 2.88. The Morgan fingerprint density at radius 2 is 2.00 bits per heavy atom. The highest BCUT2D eigenvalue weighted by molar-refractivity contribution is 7.09. The van der Waals surface area contributed by atoms with Crippen LogP contribution in [0, 0.1) is 0 Å². The van der Waals surface area contributed by atoms with E-state index >= 15 is 0 Å². The summed E-state index contributed by atoms with van der Waals surface area (Å²) < 4.78 is 5.64. The van der Waals surface area contributed by atoms with Crippen molar-refractivity contribution in [3.8, 4) is 17.0 Å². The molecule has 0 aliphatic carbocycles. The molecule has 1 heterocycles. The van der Waals surface area contributed by atoms with Crippen molar-refractivity contribution in [3.63, 3.8) is 0 Å². The molecule has 0 unspecified atom stereocenters. The first-order valence-electron chi connectivity index (χ1n) is 7.22. The predicted octanol–water partition coefficient (Wildman–Crippen LogP) is 2.72. The monoisotopic (exact) mass is 306 g/mol. The molecule has 21 heavy (non-hydrogen) atoms. The fourth-order valence-electron chi connectivity index (χ4n) is 1.93. The van der Waals surface area contributed by atoms with Gasteiger partial charge in [-0.2, -0.15) is 0 Å². The minimum atomic E-state index is 0.175. The quantitative estimate of drug-likeness (QED) is 0.736. The standard InChI is InChI=1S/C16H22N2O2S/c1-12(2)20-14-5-3-13(4-6-14)15-11-21-16(18-15)7-8-17-9-10-19/h3-6,11-12,17,19H,7-10H2,1-2H3. The SMILES string of the molecule is CC(C)Oc1ccc(-c2csc(CCNCCO)n2)cc1. The normalized spacial score (nSPS) is 11.0. The molecular weight excluding hydrogens is 284 g/mol. The summed E-state index contributed by atoms with van der Waals surface area (Å²) in [5, 5.41) is 15.1. The summed E-state index contributed by atoms with van der Waals surface area (Å²) in [5.41, 5.74) is 2.12. The molecule has 2 rings (SSSR count). The van der Waals surface area contributed by atoms with Crippen molar-refractivity contribution < 1.29 is 9.84 Å². The van der Waals surface area contributed by atoms with Gasteiger partial charge in [-0.25, -0.2) is 4.98 Å². The highest BCUT2D eigenvalue weighted by Crippen LogP contribution is 2.24. The summed E-state index contributed by atoms with van der Waals surface area (Å²) in [6.45, 7) is 5.69. The number of hydrogen-bond donors (Lipinski definition) is 2. The molecule has 2 N–H and O–H groups in total. The van der Waals surface area contributed by atoms with Crippen LogP contribution in [-0.4, -0.2) is 35.9 Å². The van der Waals surface area contributed by atoms with Crippen molar-refractivity contribution >= 4 is 11.3 Å². The number of aliphatic hydroxyl groups excluding tert-OH is 1. The van der Waals surface area contributed by atoms with Gasteiger partial charge in [-0.1, -0.05) is 0 Å². The first kappa shape index (κ1) is 15.9. The first-order valence-corrected chi connectivity index (χ1v) is 8.10. The molecule has 1 aromatic carbocycles. The van der Waals surface area contributed by atoms with Gasteiger partial charge in [0.05, 0.1) is 23.4 Å². The number of ether oxygens (including phenoxy) is 1. The van der Waals surface area contributed by atoms with Gasteiger partial charge in [0.2, 0.25) is 0 Å². The van der Waals surface area contributed by atoms with Crippen LogP contribution >= 0.6 is 11.3 Å². The largest absolute Gasteiger partial charge is 0.491 e. The fourth-order valence-corrected chi connectivity index (χ4v) is 2.74. The van der Waals surface area contributed by atoms with Gasteiger partial charge in [-0.3, -0.25) is 0 Å². The van der Waals surface area contributed by atoms with Gasteiger partial charge in [-0.15, -0.1) is 11.3 Å². The average Bonchev–Trinajstić information content (AvgIpc) is 2.93. The zero-order valence-corrected chi connectivity index (χ0v) is 13.3. The predicted molar refractivity (Wildman–Crippen MR) is 87.0 cm³/mol. The highest BCUT2D eigenvalue weighted by Gasteiger charge is 2.05. The molecule has 0 aliphatic rings. The zero-order valence-electron chi connectivity index (χ0n) is 12.5. The maximum absolute atomic E-state index is 8.71. The van der Waals surface area contributed by atoms with E-state index in [4.69, 9.17) is 9.84 Å². The number of rotatable bonds is 8. The van der Waals surface area contributed by atoms with E-state index < -0.39 is 0 Å². The number of nitrogens with one attached hydrogen (secondary N) is 1. The Bertz CT molecular complexity index is 537. The van der Waals surface area contributed by atoms with Crippen LogP contribution in [0.2, 0.25) is 0 Å². The minimum absolute atomic E-state index is 0.175. The van der Waals surface area contributed by atoms with Gasteiger partial charge in [0, 0.05) is 30.5 Å². The third kappa shape index (κ3) is 5.12. The summed E-state index contributed by atoms with van der Waals surface area (Å²) in [5.74, 6) is 0.886. The van der Waals surface area contributed by atoms with E-state index in [0.29, 0.717) is 6.54 Å². The molecule has 1 aromatic heterocycles. The van der Waals surface area contributed by atoms with E-state index in [1.54, 1.807) is 11.3 Å². The van der Waals surface area contributed by atoms with Gasteiger partial charge >= 0.3 is 0 Å². The molecule has 0 saturated heterocycles. The van der Waals surface area contributed by atoms with Crippen LogP contribution in [0.1, 0.15) is 18.9 Å². The first-order chi connectivity index (χ1) is 10.2. The topological polar surface area (TPSA) is 54.4 Å². The number of hydrogen-bond acceptors (Lipinski definition) is 5. The Kier molecular flexibility index (Phi) is 6.17. The Hall–Kier alpha value is -1.43. The Balaban J connectivity index is 1.94. The van der Waals surface area contributed by atoms with Crippen LogP contribution in [-0.2, 0) is 6.42 Å². The molecule has 0 fully saturated rings. The molecular formula is C16H22N2O2S. The molecule has 0 saturated carbocycles. The summed E-state index contributed by atoms with van der Waals surface area (Å²) in [4.78, 5) is 4.64. The van der Waals surface area contributed by atoms with Crippen molar-refractivity contribution in [2.24, 2.45) is 0 Å². The van der Waals surface area contributed by atoms with Crippen LogP contribution in [0.25, 0.3) is 11.3 Å². The van der Waals surface area contributed by atoms with Gasteiger partial charge < -0.3 is 15.2 Å². The molecule has 0 atom stereocenters. The van der Waals surface area contributed by atoms with Gasteiger partial charge in [-0.05, 0) is 38.1 Å². The summed E-state index contributed by atoms with van der Waals surface area (Å²) >= 11 is 1.67. The molecule has 2 aromatic rings. The lowest BCUT2D eigenvalue weighted by atomic mass is 10.2. The van der Waals surface area contributed by atoms with Crippen molar-refractivity contribution in [3.05, 3.63) is 34.7 Å². The van der Waals surface area contributed by atoms with Crippen molar-refractivity contribution in [1.29, 1.82) is 0 Å². The molecule has 0 aliphatic heterocycles. The van der Waals surface area contributed by atoms with Crippen molar-refractivity contribution in [2.75, 3.05) is 19.7 Å². The molecule has 0 spiro atoms.